The summed E-state index contributed by atoms with van der Waals surface area (Å²) in [4.78, 5) is 11.2. The van der Waals surface area contributed by atoms with Gasteiger partial charge in [-0.2, -0.15) is 0 Å². The van der Waals surface area contributed by atoms with Gasteiger partial charge in [-0.3, -0.25) is 4.79 Å². The molecule has 0 aliphatic heterocycles. The molecular weight excluding hydrogens is 224 g/mol. The molecule has 0 bridgehead atoms. The highest BCUT2D eigenvalue weighted by Gasteiger charge is 2.04. The molecule has 0 aliphatic carbocycles. The van der Waals surface area contributed by atoms with Crippen LogP contribution in [-0.4, -0.2) is 11.8 Å². The van der Waals surface area contributed by atoms with E-state index in [1.54, 1.807) is 0 Å². The Labute approximate surface area is 91.2 Å². The number of amides is 1. The highest BCUT2D eigenvalue weighted by Crippen LogP contribution is 2.13. The van der Waals surface area contributed by atoms with Gasteiger partial charge < -0.3 is 5.32 Å². The van der Waals surface area contributed by atoms with Gasteiger partial charge in [0.2, 0.25) is 5.91 Å². The van der Waals surface area contributed by atoms with Crippen LogP contribution >= 0.6 is 11.6 Å². The second-order valence-corrected chi connectivity index (χ2v) is 3.38. The zero-order valence-corrected chi connectivity index (χ0v) is 8.65. The van der Waals surface area contributed by atoms with Crippen LogP contribution in [-0.2, 0) is 4.79 Å². The van der Waals surface area contributed by atoms with Crippen LogP contribution in [0.15, 0.2) is 18.2 Å². The standard InChI is InChI=1S/C10H10ClF2NO/c11-3-1-2-10(15)14-9-5-7(12)4-8(13)6-9/h4-6H,1-3H2,(H,14,15). The molecular formula is C10H10ClF2NO. The van der Waals surface area contributed by atoms with E-state index < -0.39 is 11.6 Å². The molecule has 0 radical (unpaired) electrons. The van der Waals surface area contributed by atoms with Crippen LogP contribution in [0.4, 0.5) is 14.5 Å². The van der Waals surface area contributed by atoms with Crippen molar-refractivity contribution in [2.24, 2.45) is 0 Å². The third-order valence-corrected chi connectivity index (χ3v) is 1.95. The maximum absolute atomic E-state index is 12.7. The Kier molecular flexibility index (Phi) is 4.49. The van der Waals surface area contributed by atoms with Crippen LogP contribution in [0.5, 0.6) is 0 Å². The lowest BCUT2D eigenvalue weighted by Gasteiger charge is -2.04. The molecule has 0 unspecified atom stereocenters. The van der Waals surface area contributed by atoms with Crippen LogP contribution in [0.1, 0.15) is 12.8 Å². The van der Waals surface area contributed by atoms with Crippen molar-refractivity contribution in [2.45, 2.75) is 12.8 Å². The van der Waals surface area contributed by atoms with Crippen LogP contribution in [0.25, 0.3) is 0 Å². The summed E-state index contributed by atoms with van der Waals surface area (Å²) in [7, 11) is 0. The van der Waals surface area contributed by atoms with Gasteiger partial charge >= 0.3 is 0 Å². The number of hydrogen-bond donors (Lipinski definition) is 1. The Balaban J connectivity index is 2.60. The maximum atomic E-state index is 12.7. The minimum Gasteiger partial charge on any atom is -0.326 e. The van der Waals surface area contributed by atoms with Crippen molar-refractivity contribution in [1.29, 1.82) is 0 Å². The van der Waals surface area contributed by atoms with Gasteiger partial charge in [0.05, 0.1) is 0 Å². The summed E-state index contributed by atoms with van der Waals surface area (Å²) in [6.45, 7) is 0. The number of carbonyl (C=O) groups is 1. The number of halogens is 3. The summed E-state index contributed by atoms with van der Waals surface area (Å²) < 4.78 is 25.4. The normalized spacial score (nSPS) is 10.1. The van der Waals surface area contributed by atoms with E-state index in [1.165, 1.54) is 0 Å². The summed E-state index contributed by atoms with van der Waals surface area (Å²) in [5.74, 6) is -1.36. The third-order valence-electron chi connectivity index (χ3n) is 1.68. The van der Waals surface area contributed by atoms with Crippen LogP contribution in [0.3, 0.4) is 0 Å². The molecule has 1 amide bonds. The summed E-state index contributed by atoms with van der Waals surface area (Å²) in [5, 5.41) is 2.38. The summed E-state index contributed by atoms with van der Waals surface area (Å²) in [5.41, 5.74) is 0.118. The monoisotopic (exact) mass is 233 g/mol. The molecule has 5 heteroatoms. The molecule has 0 spiro atoms. The van der Waals surface area contributed by atoms with Crippen molar-refractivity contribution in [3.05, 3.63) is 29.8 Å². The van der Waals surface area contributed by atoms with Gasteiger partial charge in [-0.1, -0.05) is 0 Å². The van der Waals surface area contributed by atoms with Crippen LogP contribution < -0.4 is 5.32 Å². The molecule has 15 heavy (non-hydrogen) atoms. The number of alkyl halides is 1. The summed E-state index contributed by atoms with van der Waals surface area (Å²) >= 11 is 5.40. The van der Waals surface area contributed by atoms with Gasteiger partial charge in [-0.05, 0) is 18.6 Å². The molecule has 0 saturated heterocycles. The fraction of sp³-hybridized carbons (Fsp3) is 0.300. The Morgan fingerprint density at radius 3 is 2.40 bits per heavy atom. The van der Waals surface area contributed by atoms with Crippen LogP contribution in [0, 0.1) is 11.6 Å². The van der Waals surface area contributed by atoms with E-state index in [1.807, 2.05) is 0 Å². The van der Waals surface area contributed by atoms with E-state index in [4.69, 9.17) is 11.6 Å². The van der Waals surface area contributed by atoms with E-state index in [2.05, 4.69) is 5.32 Å². The van der Waals surface area contributed by atoms with Gasteiger partial charge in [0.15, 0.2) is 0 Å². The average molecular weight is 234 g/mol. The van der Waals surface area contributed by atoms with Crippen molar-refractivity contribution >= 4 is 23.2 Å². The van der Waals surface area contributed by atoms with E-state index in [-0.39, 0.29) is 18.0 Å². The van der Waals surface area contributed by atoms with Crippen molar-refractivity contribution in [1.82, 2.24) is 0 Å². The first-order chi connectivity index (χ1) is 7.11. The minimum atomic E-state index is -0.720. The second-order valence-electron chi connectivity index (χ2n) is 3.00. The molecule has 0 aliphatic rings. The van der Waals surface area contributed by atoms with Gasteiger partial charge in [-0.25, -0.2) is 8.78 Å². The number of carbonyl (C=O) groups excluding carboxylic acids is 1. The first kappa shape index (κ1) is 11.9. The number of anilines is 1. The molecule has 0 saturated carbocycles. The highest BCUT2D eigenvalue weighted by molar-refractivity contribution is 6.18. The topological polar surface area (TPSA) is 29.1 Å². The predicted octanol–water partition coefficient (Wildman–Crippen LogP) is 2.92. The smallest absolute Gasteiger partial charge is 0.224 e. The Hall–Kier alpha value is -1.16. The zero-order chi connectivity index (χ0) is 11.3. The molecule has 1 aromatic rings. The Bertz CT molecular complexity index is 337. The molecule has 1 rings (SSSR count). The number of hydrogen-bond acceptors (Lipinski definition) is 1. The van der Waals surface area contributed by atoms with Gasteiger partial charge in [-0.15, -0.1) is 11.6 Å². The maximum Gasteiger partial charge on any atom is 0.224 e. The lowest BCUT2D eigenvalue weighted by atomic mass is 10.2. The zero-order valence-electron chi connectivity index (χ0n) is 7.90. The predicted molar refractivity (Wildman–Crippen MR) is 54.9 cm³/mol. The molecule has 1 aromatic carbocycles. The van der Waals surface area contributed by atoms with Gasteiger partial charge in [0, 0.05) is 24.1 Å². The SMILES string of the molecule is O=C(CCCCl)Nc1cc(F)cc(F)c1. The van der Waals surface area contributed by atoms with Crippen molar-refractivity contribution in [2.75, 3.05) is 11.2 Å². The summed E-state index contributed by atoms with van der Waals surface area (Å²) in [6, 6.07) is 2.86. The number of benzene rings is 1. The molecule has 0 fully saturated rings. The highest BCUT2D eigenvalue weighted by atomic mass is 35.5. The van der Waals surface area contributed by atoms with Crippen molar-refractivity contribution in [3.63, 3.8) is 0 Å². The van der Waals surface area contributed by atoms with Gasteiger partial charge in [0.1, 0.15) is 11.6 Å². The Morgan fingerprint density at radius 2 is 1.87 bits per heavy atom. The fourth-order valence-electron chi connectivity index (χ4n) is 1.08. The van der Waals surface area contributed by atoms with E-state index in [0.29, 0.717) is 12.3 Å². The second kappa shape index (κ2) is 5.66. The van der Waals surface area contributed by atoms with E-state index >= 15 is 0 Å². The van der Waals surface area contributed by atoms with Crippen LogP contribution in [0.2, 0.25) is 0 Å². The lowest BCUT2D eigenvalue weighted by molar-refractivity contribution is -0.116. The quantitative estimate of drug-likeness (QED) is 0.796. The van der Waals surface area contributed by atoms with E-state index in [0.717, 1.165) is 18.2 Å². The average Bonchev–Trinajstić information content (AvgIpc) is 2.13. The Morgan fingerprint density at radius 1 is 1.27 bits per heavy atom. The lowest BCUT2D eigenvalue weighted by Crippen LogP contribution is -2.11. The molecule has 1 N–H and O–H groups in total. The number of nitrogens with one attached hydrogen (secondary N) is 1. The third kappa shape index (κ3) is 4.25. The fourth-order valence-corrected chi connectivity index (χ4v) is 1.21. The molecule has 0 aromatic heterocycles. The first-order valence-corrected chi connectivity index (χ1v) is 4.97. The first-order valence-electron chi connectivity index (χ1n) is 4.43. The van der Waals surface area contributed by atoms with Crippen molar-refractivity contribution < 1.29 is 13.6 Å². The largest absolute Gasteiger partial charge is 0.326 e. The minimum absolute atomic E-state index is 0.118. The molecule has 0 atom stereocenters. The molecule has 82 valence electrons. The molecule has 0 heterocycles. The number of rotatable bonds is 4. The van der Waals surface area contributed by atoms with Crippen molar-refractivity contribution in [3.8, 4) is 0 Å². The summed E-state index contributed by atoms with van der Waals surface area (Å²) in [6.07, 6.45) is 0.771. The van der Waals surface area contributed by atoms with Gasteiger partial charge in [0.25, 0.3) is 0 Å². The van der Waals surface area contributed by atoms with E-state index in [9.17, 15) is 13.6 Å². The molecule has 2 nitrogen and oxygen atoms in total.